The highest BCUT2D eigenvalue weighted by molar-refractivity contribution is 7.42. The van der Waals surface area contributed by atoms with E-state index in [0.29, 0.717) is 35.3 Å². The zero-order chi connectivity index (χ0) is 27.8. The lowest BCUT2D eigenvalue weighted by Crippen LogP contribution is -2.34. The first-order valence-corrected chi connectivity index (χ1v) is 17.7. The van der Waals surface area contributed by atoms with Gasteiger partial charge in [0.05, 0.1) is 24.9 Å². The van der Waals surface area contributed by atoms with E-state index in [1.165, 1.54) is 32.1 Å². The van der Waals surface area contributed by atoms with Gasteiger partial charge in [0.15, 0.2) is 0 Å². The Hall–Kier alpha value is -0.320. The second kappa shape index (κ2) is 15.8. The van der Waals surface area contributed by atoms with E-state index in [4.69, 9.17) is 22.6 Å². The third-order valence-corrected chi connectivity index (χ3v) is 11.0. The second-order valence-electron chi connectivity index (χ2n) is 12.9. The van der Waals surface area contributed by atoms with Crippen molar-refractivity contribution in [3.8, 4) is 5.75 Å². The van der Waals surface area contributed by atoms with Gasteiger partial charge in [0.25, 0.3) is 0 Å². The van der Waals surface area contributed by atoms with Crippen molar-refractivity contribution >= 4 is 17.2 Å². The normalized spacial score (nSPS) is 33.6. The van der Waals surface area contributed by atoms with E-state index in [9.17, 15) is 4.89 Å². The maximum atomic E-state index is 10.5. The summed E-state index contributed by atoms with van der Waals surface area (Å²) >= 11 is 0. The molecule has 6 nitrogen and oxygen atoms in total. The summed E-state index contributed by atoms with van der Waals surface area (Å²) in [7, 11) is -3.52. The molecule has 0 radical (unpaired) electrons. The highest BCUT2D eigenvalue weighted by Crippen LogP contribution is 2.50. The molecule has 3 aliphatic carbocycles. The molecule has 0 saturated heterocycles. The zero-order valence-electron chi connectivity index (χ0n) is 24.8. The molecule has 3 fully saturated rings. The van der Waals surface area contributed by atoms with Crippen LogP contribution in [0.3, 0.4) is 0 Å². The predicted molar refractivity (Wildman–Crippen MR) is 159 cm³/mol. The van der Waals surface area contributed by atoms with Gasteiger partial charge < -0.3 is 18.5 Å². The molecule has 7 unspecified atom stereocenters. The summed E-state index contributed by atoms with van der Waals surface area (Å²) in [4.78, 5) is 10.5. The van der Waals surface area contributed by atoms with E-state index < -0.39 is 17.2 Å². The minimum Gasteiger partial charge on any atom is -0.426 e. The summed E-state index contributed by atoms with van der Waals surface area (Å²) in [6.45, 7) is 11.7. The Morgan fingerprint density at radius 3 is 2.10 bits per heavy atom. The van der Waals surface area contributed by atoms with Crippen molar-refractivity contribution in [1.82, 2.24) is 0 Å². The first kappa shape index (κ1) is 31.6. The molecule has 0 aliphatic heterocycles. The first-order chi connectivity index (χ1) is 18.8. The van der Waals surface area contributed by atoms with Crippen LogP contribution in [0.15, 0.2) is 24.3 Å². The van der Waals surface area contributed by atoms with Crippen LogP contribution in [0.4, 0.5) is 0 Å². The molecule has 0 heterocycles. The quantitative estimate of drug-likeness (QED) is 0.248. The Bertz CT molecular complexity index is 856. The van der Waals surface area contributed by atoms with Crippen LogP contribution in [0, 0.1) is 29.6 Å². The Balaban J connectivity index is 1.42. The van der Waals surface area contributed by atoms with Crippen LogP contribution in [-0.2, 0) is 24.7 Å². The molecule has 0 spiro atoms. The number of hydrogen-bond acceptors (Lipinski definition) is 6. The van der Waals surface area contributed by atoms with E-state index in [2.05, 4.69) is 34.6 Å². The summed E-state index contributed by atoms with van der Waals surface area (Å²) in [5.41, 5.74) is 0.869. The monoisotopic (exact) mass is 582 g/mol. The van der Waals surface area contributed by atoms with Crippen molar-refractivity contribution in [2.45, 2.75) is 130 Å². The second-order valence-corrected chi connectivity index (χ2v) is 14.9. The summed E-state index contributed by atoms with van der Waals surface area (Å²) in [5.74, 6) is 3.72. The van der Waals surface area contributed by atoms with Crippen LogP contribution >= 0.6 is 17.2 Å². The lowest BCUT2D eigenvalue weighted by molar-refractivity contribution is 0.0181. The fourth-order valence-electron chi connectivity index (χ4n) is 6.56. The molecule has 3 saturated carbocycles. The summed E-state index contributed by atoms with van der Waals surface area (Å²) in [5, 5.41) is 0. The van der Waals surface area contributed by atoms with Gasteiger partial charge in [0, 0.05) is 5.56 Å². The molecule has 1 aromatic carbocycles. The Morgan fingerprint density at radius 2 is 1.44 bits per heavy atom. The van der Waals surface area contributed by atoms with Gasteiger partial charge in [-0.15, -0.1) is 0 Å². The van der Waals surface area contributed by atoms with E-state index in [0.717, 1.165) is 44.1 Å². The average Bonchev–Trinajstić information content (AvgIpc) is 2.88. The highest BCUT2D eigenvalue weighted by Gasteiger charge is 2.36. The number of para-hydroxylation sites is 1. The number of hydrogen-bond donors (Lipinski definition) is 1. The lowest BCUT2D eigenvalue weighted by atomic mass is 9.75. The molecule has 8 heteroatoms. The predicted octanol–water partition coefficient (Wildman–Crippen LogP) is 9.70. The van der Waals surface area contributed by atoms with Crippen molar-refractivity contribution in [2.75, 3.05) is 0 Å². The first-order valence-electron chi connectivity index (χ1n) is 15.4. The molecule has 1 aromatic rings. The van der Waals surface area contributed by atoms with Gasteiger partial charge >= 0.3 is 17.2 Å². The Morgan fingerprint density at radius 1 is 0.795 bits per heavy atom. The van der Waals surface area contributed by atoms with Gasteiger partial charge in [-0.2, -0.15) is 0 Å². The molecule has 0 bridgehead atoms. The summed E-state index contributed by atoms with van der Waals surface area (Å²) in [6.07, 6.45) is 12.8. The highest BCUT2D eigenvalue weighted by atomic mass is 31.2. The van der Waals surface area contributed by atoms with Gasteiger partial charge in [-0.05, 0) is 74.2 Å². The van der Waals surface area contributed by atoms with Gasteiger partial charge in [0.2, 0.25) is 0 Å². The van der Waals surface area contributed by atoms with E-state index in [1.807, 2.05) is 24.3 Å². The third kappa shape index (κ3) is 10.2. The van der Waals surface area contributed by atoms with Crippen molar-refractivity contribution in [3.05, 3.63) is 29.8 Å². The minimum absolute atomic E-state index is 0.0793. The van der Waals surface area contributed by atoms with E-state index in [-0.39, 0.29) is 24.9 Å². The molecule has 39 heavy (non-hydrogen) atoms. The topological polar surface area (TPSA) is 66.4 Å². The van der Waals surface area contributed by atoms with Gasteiger partial charge in [0.1, 0.15) is 5.75 Å². The standard InChI is InChI=1S/C31H52O6P2/c1-22(2)29-17-16-25(5)20-31(29)37-39(35-28-14-9-11-24(4)19-28)36-30-15-7-6-12-26(30)21-33-38(32)34-27-13-8-10-23(3)18-27/h6-7,12,15,22-25,27-29,31-32H,8-11,13-14,16-21H2,1-5H3/t23?,24?,25-,27?,28?,29?,31-,38?,39?/m1/s1. The number of rotatable bonds is 12. The van der Waals surface area contributed by atoms with Gasteiger partial charge in [-0.3, -0.25) is 9.05 Å². The van der Waals surface area contributed by atoms with Crippen LogP contribution in [0.1, 0.15) is 111 Å². The minimum atomic E-state index is -1.94. The fourth-order valence-corrected chi connectivity index (χ4v) is 8.69. The van der Waals surface area contributed by atoms with Gasteiger partial charge in [-0.25, -0.2) is 0 Å². The summed E-state index contributed by atoms with van der Waals surface area (Å²) < 4.78 is 31.7. The van der Waals surface area contributed by atoms with Crippen LogP contribution in [0.2, 0.25) is 0 Å². The molecule has 1 N–H and O–H groups in total. The molecule has 4 rings (SSSR count). The smallest absolute Gasteiger partial charge is 0.397 e. The van der Waals surface area contributed by atoms with Crippen LogP contribution in [0.5, 0.6) is 5.75 Å². The van der Waals surface area contributed by atoms with E-state index >= 15 is 0 Å². The van der Waals surface area contributed by atoms with Crippen LogP contribution < -0.4 is 4.52 Å². The molecular formula is C31H52O6P2. The van der Waals surface area contributed by atoms with Gasteiger partial charge in [-0.1, -0.05) is 84.9 Å². The zero-order valence-corrected chi connectivity index (χ0v) is 26.6. The van der Waals surface area contributed by atoms with Crippen molar-refractivity contribution < 1.29 is 27.5 Å². The molecule has 0 aromatic heterocycles. The lowest BCUT2D eigenvalue weighted by Gasteiger charge is -2.38. The maximum Gasteiger partial charge on any atom is 0.397 e. The average molecular weight is 583 g/mol. The largest absolute Gasteiger partial charge is 0.426 e. The van der Waals surface area contributed by atoms with Crippen molar-refractivity contribution in [1.29, 1.82) is 0 Å². The molecular weight excluding hydrogens is 530 g/mol. The molecule has 9 atom stereocenters. The van der Waals surface area contributed by atoms with Crippen LogP contribution in [-0.4, -0.2) is 23.2 Å². The van der Waals surface area contributed by atoms with Crippen LogP contribution in [0.25, 0.3) is 0 Å². The summed E-state index contributed by atoms with van der Waals surface area (Å²) in [6, 6.07) is 7.88. The fraction of sp³-hybridized carbons (Fsp3) is 0.806. The molecule has 222 valence electrons. The Kier molecular flexibility index (Phi) is 12.8. The Labute approximate surface area is 239 Å². The van der Waals surface area contributed by atoms with Crippen molar-refractivity contribution in [3.63, 3.8) is 0 Å². The van der Waals surface area contributed by atoms with E-state index in [1.54, 1.807) is 0 Å². The molecule has 3 aliphatic rings. The molecule has 0 amide bonds. The SMILES string of the molecule is CC1CCCC(OP(O)OCc2ccccc2OP(OC2CCCC(C)C2)O[C@@H]2C[C@H](C)CCC2C(C)C)C1. The van der Waals surface area contributed by atoms with Crippen molar-refractivity contribution in [2.24, 2.45) is 29.6 Å². The number of benzene rings is 1. The third-order valence-electron chi connectivity index (χ3n) is 8.91. The maximum absolute atomic E-state index is 10.5.